The summed E-state index contributed by atoms with van der Waals surface area (Å²) in [6.07, 6.45) is 4.54. The molecule has 3 nitrogen and oxygen atoms in total. The summed E-state index contributed by atoms with van der Waals surface area (Å²) in [5.74, 6) is 0. The summed E-state index contributed by atoms with van der Waals surface area (Å²) < 4.78 is 0. The highest BCUT2D eigenvalue weighted by atomic mass is 14.7. The number of nitrogens with two attached hydrogens (primary N) is 1. The molecule has 0 unspecified atom stereocenters. The second-order valence-electron chi connectivity index (χ2n) is 4.41. The van der Waals surface area contributed by atoms with Gasteiger partial charge in [-0.15, -0.1) is 0 Å². The Morgan fingerprint density at radius 2 is 1.77 bits per heavy atom. The van der Waals surface area contributed by atoms with E-state index in [9.17, 15) is 0 Å². The van der Waals surface area contributed by atoms with E-state index in [4.69, 9.17) is 11.1 Å². The number of aryl methyl sites for hydroxylation is 1. The second-order valence-corrected chi connectivity index (χ2v) is 4.41. The minimum Gasteiger partial charge on any atom is -0.402 e. The van der Waals surface area contributed by atoms with E-state index in [1.807, 2.05) is 54.5 Å². The fourth-order valence-electron chi connectivity index (χ4n) is 1.93. The van der Waals surface area contributed by atoms with Crippen LogP contribution in [0.1, 0.15) is 66.1 Å². The summed E-state index contributed by atoms with van der Waals surface area (Å²) in [5.41, 5.74) is 11.3. The molecule has 0 radical (unpaired) electrons. The lowest BCUT2D eigenvalue weighted by atomic mass is 9.94. The van der Waals surface area contributed by atoms with Gasteiger partial charge in [0.25, 0.3) is 0 Å². The van der Waals surface area contributed by atoms with Crippen LogP contribution in [0.4, 0.5) is 0 Å². The predicted molar refractivity (Wildman–Crippen MR) is 100 cm³/mol. The van der Waals surface area contributed by atoms with Crippen molar-refractivity contribution in [1.29, 1.82) is 5.41 Å². The first kappa shape index (κ1) is 22.4. The van der Waals surface area contributed by atoms with E-state index in [-0.39, 0.29) is 0 Å². The SMILES string of the molecule is C/C=C(/C/C(C(C)=N)=C(\C)N)c1cccnc1C.CC.CC. The van der Waals surface area contributed by atoms with Crippen LogP contribution >= 0.6 is 0 Å². The monoisotopic (exact) mass is 303 g/mol. The first-order valence-corrected chi connectivity index (χ1v) is 8.05. The Balaban J connectivity index is 0. The van der Waals surface area contributed by atoms with Gasteiger partial charge in [0.1, 0.15) is 0 Å². The number of pyridine rings is 1. The molecule has 3 N–H and O–H groups in total. The maximum atomic E-state index is 7.79. The largest absolute Gasteiger partial charge is 0.402 e. The van der Waals surface area contributed by atoms with Crippen LogP contribution in [-0.2, 0) is 0 Å². The van der Waals surface area contributed by atoms with Crippen molar-refractivity contribution in [3.63, 3.8) is 0 Å². The molecule has 0 saturated carbocycles. The molecule has 0 saturated heterocycles. The van der Waals surface area contributed by atoms with Crippen molar-refractivity contribution in [2.75, 3.05) is 0 Å². The van der Waals surface area contributed by atoms with Crippen LogP contribution in [0.3, 0.4) is 0 Å². The number of hydrogen-bond donors (Lipinski definition) is 2. The van der Waals surface area contributed by atoms with E-state index in [1.165, 1.54) is 0 Å². The zero-order chi connectivity index (χ0) is 17.7. The lowest BCUT2D eigenvalue weighted by molar-refractivity contribution is 1.14. The predicted octanol–water partition coefficient (Wildman–Crippen LogP) is 5.51. The summed E-state index contributed by atoms with van der Waals surface area (Å²) in [5, 5.41) is 7.79. The number of aromatic nitrogens is 1. The van der Waals surface area contributed by atoms with Crippen molar-refractivity contribution in [1.82, 2.24) is 4.98 Å². The maximum absolute atomic E-state index is 7.79. The molecule has 0 bridgehead atoms. The van der Waals surface area contributed by atoms with Crippen LogP contribution < -0.4 is 5.73 Å². The Hall–Kier alpha value is -1.90. The van der Waals surface area contributed by atoms with Gasteiger partial charge in [-0.05, 0) is 50.5 Å². The molecule has 1 aromatic rings. The maximum Gasteiger partial charge on any atom is 0.0447 e. The smallest absolute Gasteiger partial charge is 0.0447 e. The third-order valence-electron chi connectivity index (χ3n) is 3.00. The van der Waals surface area contributed by atoms with E-state index >= 15 is 0 Å². The third-order valence-corrected chi connectivity index (χ3v) is 3.00. The topological polar surface area (TPSA) is 62.8 Å². The summed E-state index contributed by atoms with van der Waals surface area (Å²) in [4.78, 5) is 4.30. The van der Waals surface area contributed by atoms with E-state index in [1.54, 1.807) is 13.1 Å². The van der Waals surface area contributed by atoms with Gasteiger partial charge in [0, 0.05) is 29.7 Å². The van der Waals surface area contributed by atoms with E-state index in [0.29, 0.717) is 17.8 Å². The summed E-state index contributed by atoms with van der Waals surface area (Å²) >= 11 is 0. The number of allylic oxidation sites excluding steroid dienone is 4. The van der Waals surface area contributed by atoms with Gasteiger partial charge in [0.2, 0.25) is 0 Å². The molecule has 0 aliphatic rings. The molecular formula is C19H33N3. The van der Waals surface area contributed by atoms with Gasteiger partial charge in [-0.3, -0.25) is 4.98 Å². The van der Waals surface area contributed by atoms with Gasteiger partial charge < -0.3 is 11.1 Å². The van der Waals surface area contributed by atoms with Crippen molar-refractivity contribution < 1.29 is 0 Å². The zero-order valence-electron chi connectivity index (χ0n) is 15.5. The third kappa shape index (κ3) is 7.21. The van der Waals surface area contributed by atoms with Crippen LogP contribution in [0, 0.1) is 12.3 Å². The van der Waals surface area contributed by atoms with Gasteiger partial charge in [0.05, 0.1) is 0 Å². The summed E-state index contributed by atoms with van der Waals surface area (Å²) in [6.45, 7) is 15.6. The highest BCUT2D eigenvalue weighted by Crippen LogP contribution is 2.25. The molecule has 1 rings (SSSR count). The number of hydrogen-bond acceptors (Lipinski definition) is 3. The van der Waals surface area contributed by atoms with Crippen LogP contribution in [0.15, 0.2) is 35.7 Å². The molecule has 1 aromatic heterocycles. The summed E-state index contributed by atoms with van der Waals surface area (Å²) in [7, 11) is 0. The molecule has 124 valence electrons. The molecule has 0 aliphatic heterocycles. The Kier molecular flexibility index (Phi) is 13.0. The highest BCUT2D eigenvalue weighted by molar-refractivity contribution is 5.98. The molecule has 0 aliphatic carbocycles. The average molecular weight is 303 g/mol. The molecule has 22 heavy (non-hydrogen) atoms. The average Bonchev–Trinajstić information content (AvgIpc) is 2.52. The molecule has 1 heterocycles. The fraction of sp³-hybridized carbons (Fsp3) is 0.474. The van der Waals surface area contributed by atoms with E-state index in [0.717, 1.165) is 22.4 Å². The number of nitrogens with one attached hydrogen (secondary N) is 1. The van der Waals surface area contributed by atoms with Crippen molar-refractivity contribution in [3.8, 4) is 0 Å². The van der Waals surface area contributed by atoms with Crippen molar-refractivity contribution in [3.05, 3.63) is 46.9 Å². The highest BCUT2D eigenvalue weighted by Gasteiger charge is 2.10. The lowest BCUT2D eigenvalue weighted by Gasteiger charge is -2.13. The summed E-state index contributed by atoms with van der Waals surface area (Å²) in [6, 6.07) is 3.99. The second kappa shape index (κ2) is 12.8. The molecule has 0 atom stereocenters. The van der Waals surface area contributed by atoms with Crippen molar-refractivity contribution in [2.24, 2.45) is 5.73 Å². The van der Waals surface area contributed by atoms with Gasteiger partial charge in [0.15, 0.2) is 0 Å². The lowest BCUT2D eigenvalue weighted by Crippen LogP contribution is -2.07. The Morgan fingerprint density at radius 3 is 2.14 bits per heavy atom. The standard InChI is InChI=1S/C15H21N3.2C2H6/c1-5-13(9-15(10(2)16)11(3)17)14-7-6-8-18-12(14)4;2*1-2/h5-8,16H,9,17H2,1-4H3;2*1-2H3/b13-5-,15-11-,16-10?;;. The molecule has 0 aromatic carbocycles. The van der Waals surface area contributed by atoms with Crippen LogP contribution in [0.25, 0.3) is 5.57 Å². The van der Waals surface area contributed by atoms with Gasteiger partial charge in [-0.25, -0.2) is 0 Å². The Labute approximate surface area is 136 Å². The molecular weight excluding hydrogens is 270 g/mol. The Morgan fingerprint density at radius 1 is 1.23 bits per heavy atom. The van der Waals surface area contributed by atoms with Crippen LogP contribution in [0.2, 0.25) is 0 Å². The van der Waals surface area contributed by atoms with Gasteiger partial charge >= 0.3 is 0 Å². The minimum atomic E-state index is 0.524. The molecule has 3 heteroatoms. The number of rotatable bonds is 4. The molecule has 0 amide bonds. The van der Waals surface area contributed by atoms with Crippen molar-refractivity contribution >= 4 is 11.3 Å². The van der Waals surface area contributed by atoms with Crippen LogP contribution in [0.5, 0.6) is 0 Å². The van der Waals surface area contributed by atoms with Gasteiger partial charge in [-0.2, -0.15) is 0 Å². The van der Waals surface area contributed by atoms with Gasteiger partial charge in [-0.1, -0.05) is 39.8 Å². The first-order chi connectivity index (χ1) is 10.5. The number of nitrogens with zero attached hydrogens (tertiary/aromatic N) is 1. The quantitative estimate of drug-likeness (QED) is 0.720. The van der Waals surface area contributed by atoms with Crippen molar-refractivity contribution in [2.45, 2.75) is 61.8 Å². The van der Waals surface area contributed by atoms with E-state index < -0.39 is 0 Å². The van der Waals surface area contributed by atoms with E-state index in [2.05, 4.69) is 17.1 Å². The first-order valence-electron chi connectivity index (χ1n) is 8.05. The Bertz CT molecular complexity index is 507. The normalized spacial score (nSPS) is 11.4. The minimum absolute atomic E-state index is 0.524. The molecule has 0 spiro atoms. The molecule has 0 fully saturated rings. The zero-order valence-corrected chi connectivity index (χ0v) is 15.5. The fourth-order valence-corrected chi connectivity index (χ4v) is 1.93. The van der Waals surface area contributed by atoms with Crippen LogP contribution in [-0.4, -0.2) is 10.7 Å².